The Kier molecular flexibility index (Phi) is 4.19. The topological polar surface area (TPSA) is 50.9 Å². The van der Waals surface area contributed by atoms with Crippen molar-refractivity contribution < 1.29 is 0 Å². The number of aryl methyl sites for hydroxylation is 1. The van der Waals surface area contributed by atoms with Crippen molar-refractivity contribution in [2.24, 2.45) is 5.84 Å². The molecule has 1 heterocycles. The molecule has 94 valence electrons. The lowest BCUT2D eigenvalue weighted by Gasteiger charge is -2.17. The SMILES string of the molecule is Cc1cc(C(NN)c2ccc(Cl)c(Cl)c2)ccn1. The molecule has 0 radical (unpaired) electrons. The van der Waals surface area contributed by atoms with E-state index in [9.17, 15) is 0 Å². The van der Waals surface area contributed by atoms with Crippen molar-refractivity contribution in [1.82, 2.24) is 10.4 Å². The van der Waals surface area contributed by atoms with Gasteiger partial charge in [0.1, 0.15) is 0 Å². The molecule has 18 heavy (non-hydrogen) atoms. The molecule has 3 nitrogen and oxygen atoms in total. The molecule has 3 N–H and O–H groups in total. The van der Waals surface area contributed by atoms with Gasteiger partial charge in [-0.15, -0.1) is 0 Å². The maximum atomic E-state index is 6.02. The van der Waals surface area contributed by atoms with E-state index in [4.69, 9.17) is 29.0 Å². The van der Waals surface area contributed by atoms with Crippen molar-refractivity contribution in [2.75, 3.05) is 0 Å². The first-order valence-corrected chi connectivity index (χ1v) is 6.21. The molecule has 1 aromatic carbocycles. The second kappa shape index (κ2) is 5.67. The summed E-state index contributed by atoms with van der Waals surface area (Å²) in [5.41, 5.74) is 5.70. The Morgan fingerprint density at radius 3 is 2.44 bits per heavy atom. The summed E-state index contributed by atoms with van der Waals surface area (Å²) >= 11 is 11.9. The molecule has 1 aromatic heterocycles. The van der Waals surface area contributed by atoms with Crippen LogP contribution in [-0.4, -0.2) is 4.98 Å². The number of nitrogens with zero attached hydrogens (tertiary/aromatic N) is 1. The second-order valence-corrected chi connectivity index (χ2v) is 4.82. The quantitative estimate of drug-likeness (QED) is 0.671. The van der Waals surface area contributed by atoms with Crippen LogP contribution in [0.15, 0.2) is 36.5 Å². The van der Waals surface area contributed by atoms with Gasteiger partial charge in [-0.25, -0.2) is 5.43 Å². The molecule has 0 bridgehead atoms. The van der Waals surface area contributed by atoms with Crippen molar-refractivity contribution in [3.05, 3.63) is 63.4 Å². The Morgan fingerprint density at radius 1 is 1.11 bits per heavy atom. The van der Waals surface area contributed by atoms with Crippen LogP contribution in [0.25, 0.3) is 0 Å². The lowest BCUT2D eigenvalue weighted by Crippen LogP contribution is -2.28. The zero-order valence-corrected chi connectivity index (χ0v) is 11.3. The van der Waals surface area contributed by atoms with Gasteiger partial charge in [0.15, 0.2) is 0 Å². The van der Waals surface area contributed by atoms with Crippen molar-refractivity contribution in [3.63, 3.8) is 0 Å². The largest absolute Gasteiger partial charge is 0.271 e. The molecular weight excluding hydrogens is 269 g/mol. The fourth-order valence-electron chi connectivity index (χ4n) is 1.82. The highest BCUT2D eigenvalue weighted by Gasteiger charge is 2.13. The smallest absolute Gasteiger partial charge is 0.0711 e. The highest BCUT2D eigenvalue weighted by molar-refractivity contribution is 6.42. The summed E-state index contributed by atoms with van der Waals surface area (Å²) in [5, 5.41) is 1.04. The van der Waals surface area contributed by atoms with E-state index >= 15 is 0 Å². The summed E-state index contributed by atoms with van der Waals surface area (Å²) in [5.74, 6) is 5.63. The minimum Gasteiger partial charge on any atom is -0.271 e. The highest BCUT2D eigenvalue weighted by Crippen LogP contribution is 2.28. The summed E-state index contributed by atoms with van der Waals surface area (Å²) in [6, 6.07) is 9.23. The number of nitrogens with one attached hydrogen (secondary N) is 1. The van der Waals surface area contributed by atoms with E-state index in [0.29, 0.717) is 10.0 Å². The number of hydrazine groups is 1. The number of halogens is 2. The lowest BCUT2D eigenvalue weighted by molar-refractivity contribution is 0.635. The van der Waals surface area contributed by atoms with E-state index in [1.165, 1.54) is 0 Å². The zero-order chi connectivity index (χ0) is 13.1. The van der Waals surface area contributed by atoms with Gasteiger partial charge >= 0.3 is 0 Å². The minimum absolute atomic E-state index is 0.138. The van der Waals surface area contributed by atoms with Crippen LogP contribution in [-0.2, 0) is 0 Å². The summed E-state index contributed by atoms with van der Waals surface area (Å²) < 4.78 is 0. The van der Waals surface area contributed by atoms with Crippen LogP contribution < -0.4 is 11.3 Å². The van der Waals surface area contributed by atoms with Crippen LogP contribution in [0.4, 0.5) is 0 Å². The van der Waals surface area contributed by atoms with Crippen LogP contribution >= 0.6 is 23.2 Å². The number of nitrogens with two attached hydrogens (primary N) is 1. The van der Waals surface area contributed by atoms with E-state index < -0.39 is 0 Å². The van der Waals surface area contributed by atoms with Gasteiger partial charge < -0.3 is 0 Å². The fraction of sp³-hybridized carbons (Fsp3) is 0.154. The van der Waals surface area contributed by atoms with Gasteiger partial charge in [-0.1, -0.05) is 29.3 Å². The van der Waals surface area contributed by atoms with Crippen LogP contribution in [0.1, 0.15) is 22.9 Å². The summed E-state index contributed by atoms with van der Waals surface area (Å²) in [6.45, 7) is 1.94. The Morgan fingerprint density at radius 2 is 1.83 bits per heavy atom. The van der Waals surface area contributed by atoms with Crippen LogP contribution in [0.3, 0.4) is 0 Å². The molecule has 0 aliphatic carbocycles. The number of benzene rings is 1. The molecular formula is C13H13Cl2N3. The Bertz CT molecular complexity index is 558. The van der Waals surface area contributed by atoms with Crippen molar-refractivity contribution in [3.8, 4) is 0 Å². The maximum Gasteiger partial charge on any atom is 0.0711 e. The van der Waals surface area contributed by atoms with Gasteiger partial charge in [0, 0.05) is 11.9 Å². The maximum absolute atomic E-state index is 6.02. The second-order valence-electron chi connectivity index (χ2n) is 4.00. The minimum atomic E-state index is -0.138. The molecule has 0 saturated heterocycles. The molecule has 0 fully saturated rings. The number of hydrogen-bond acceptors (Lipinski definition) is 3. The Hall–Kier alpha value is -1.13. The molecule has 0 saturated carbocycles. The van der Waals surface area contributed by atoms with Gasteiger partial charge in [0.2, 0.25) is 0 Å². The number of hydrogen-bond donors (Lipinski definition) is 2. The predicted octanol–water partition coefficient (Wildman–Crippen LogP) is 3.25. The number of rotatable bonds is 3. The zero-order valence-electron chi connectivity index (χ0n) is 9.82. The monoisotopic (exact) mass is 281 g/mol. The average molecular weight is 282 g/mol. The van der Waals surface area contributed by atoms with Crippen LogP contribution in [0.5, 0.6) is 0 Å². The fourth-order valence-corrected chi connectivity index (χ4v) is 2.13. The van der Waals surface area contributed by atoms with Crippen LogP contribution in [0, 0.1) is 6.92 Å². The summed E-state index contributed by atoms with van der Waals surface area (Å²) in [4.78, 5) is 4.17. The highest BCUT2D eigenvalue weighted by atomic mass is 35.5. The number of aromatic nitrogens is 1. The Balaban J connectivity index is 2.42. The third-order valence-corrected chi connectivity index (χ3v) is 3.44. The first-order valence-electron chi connectivity index (χ1n) is 5.45. The van der Waals surface area contributed by atoms with Gasteiger partial charge in [-0.2, -0.15) is 0 Å². The standard InChI is InChI=1S/C13H13Cl2N3/c1-8-6-10(4-5-17-8)13(18-16)9-2-3-11(14)12(15)7-9/h2-7,13,18H,16H2,1H3. The lowest BCUT2D eigenvalue weighted by atomic mass is 10.00. The Labute approximate surface area is 116 Å². The molecule has 2 rings (SSSR count). The molecule has 1 unspecified atom stereocenters. The molecule has 5 heteroatoms. The van der Waals surface area contributed by atoms with Gasteiger partial charge in [-0.3, -0.25) is 10.8 Å². The summed E-state index contributed by atoms with van der Waals surface area (Å²) in [6.07, 6.45) is 1.76. The van der Waals surface area contributed by atoms with Crippen molar-refractivity contribution >= 4 is 23.2 Å². The first-order chi connectivity index (χ1) is 8.61. The molecule has 0 aliphatic rings. The van der Waals surface area contributed by atoms with Crippen LogP contribution in [0.2, 0.25) is 10.0 Å². The molecule has 1 atom stereocenters. The predicted molar refractivity (Wildman–Crippen MR) is 74.6 cm³/mol. The van der Waals surface area contributed by atoms with E-state index in [1.54, 1.807) is 12.3 Å². The molecule has 0 amide bonds. The molecule has 2 aromatic rings. The van der Waals surface area contributed by atoms with Gasteiger partial charge in [0.25, 0.3) is 0 Å². The van der Waals surface area contributed by atoms with E-state index in [2.05, 4.69) is 10.4 Å². The van der Waals surface area contributed by atoms with Crippen molar-refractivity contribution in [2.45, 2.75) is 13.0 Å². The first kappa shape index (κ1) is 13.3. The molecule has 0 aliphatic heterocycles. The average Bonchev–Trinajstić information content (AvgIpc) is 2.35. The normalized spacial score (nSPS) is 12.4. The molecule has 0 spiro atoms. The van der Waals surface area contributed by atoms with Gasteiger partial charge in [-0.05, 0) is 42.3 Å². The third kappa shape index (κ3) is 2.82. The number of pyridine rings is 1. The van der Waals surface area contributed by atoms with E-state index in [1.807, 2.05) is 31.2 Å². The van der Waals surface area contributed by atoms with Gasteiger partial charge in [0.05, 0.1) is 16.1 Å². The summed E-state index contributed by atoms with van der Waals surface area (Å²) in [7, 11) is 0. The third-order valence-electron chi connectivity index (χ3n) is 2.70. The van der Waals surface area contributed by atoms with E-state index in [-0.39, 0.29) is 6.04 Å². The van der Waals surface area contributed by atoms with Crippen molar-refractivity contribution in [1.29, 1.82) is 0 Å². The van der Waals surface area contributed by atoms with E-state index in [0.717, 1.165) is 16.8 Å².